The lowest BCUT2D eigenvalue weighted by Gasteiger charge is -2.15. The number of rotatable bonds is 4. The molecule has 0 spiro atoms. The fraction of sp³-hybridized carbons (Fsp3) is 0.545. The number of ether oxygens (including phenoxy) is 1. The van der Waals surface area contributed by atoms with Crippen molar-refractivity contribution in [1.82, 2.24) is 4.98 Å². The van der Waals surface area contributed by atoms with Gasteiger partial charge in [0.25, 0.3) is 5.56 Å². The predicted molar refractivity (Wildman–Crippen MR) is 76.7 cm³/mol. The molecule has 7 nitrogen and oxygen atoms in total. The van der Waals surface area contributed by atoms with Crippen LogP contribution in [0.15, 0.2) is 17.1 Å². The number of aromatic nitrogens is 1. The maximum atomic E-state index is 11.3. The number of hydrogen-bond donors (Lipinski definition) is 3. The molecular formula is C11H14Cl2NO6P. The van der Waals surface area contributed by atoms with Crippen molar-refractivity contribution in [3.05, 3.63) is 33.7 Å². The normalized spacial score (nSPS) is 29.8. The molecule has 0 radical (unpaired) electrons. The van der Waals surface area contributed by atoms with Gasteiger partial charge in [-0.05, 0) is 35.5 Å². The molecule has 4 atom stereocenters. The number of pyridine rings is 1. The van der Waals surface area contributed by atoms with Gasteiger partial charge in [0.15, 0.2) is 0 Å². The number of halogens is 2. The summed E-state index contributed by atoms with van der Waals surface area (Å²) in [6.45, 7) is 1.28. The summed E-state index contributed by atoms with van der Waals surface area (Å²) >= 11 is 10.5. The van der Waals surface area contributed by atoms with Gasteiger partial charge in [-0.3, -0.25) is 9.36 Å². The highest BCUT2D eigenvalue weighted by Crippen LogP contribution is 2.57. The maximum Gasteiger partial charge on any atom is 0.380 e. The third-order valence-electron chi connectivity index (χ3n) is 3.19. The monoisotopic (exact) mass is 357 g/mol. The van der Waals surface area contributed by atoms with Crippen LogP contribution in [0.25, 0.3) is 0 Å². The van der Waals surface area contributed by atoms with Crippen LogP contribution in [0.5, 0.6) is 0 Å². The molecule has 1 fully saturated rings. The quantitative estimate of drug-likeness (QED) is 0.703. The minimum atomic E-state index is -3.75. The molecule has 1 aliphatic rings. The fourth-order valence-corrected chi connectivity index (χ4v) is 2.76. The number of nitrogens with one attached hydrogen (secondary N) is 1. The minimum Gasteiger partial charge on any atom is -0.387 e. The zero-order chi connectivity index (χ0) is 15.8. The van der Waals surface area contributed by atoms with Crippen molar-refractivity contribution in [2.45, 2.75) is 31.3 Å². The van der Waals surface area contributed by atoms with Crippen LogP contribution in [0.2, 0.25) is 0 Å². The molecule has 0 amide bonds. The summed E-state index contributed by atoms with van der Waals surface area (Å²) in [6, 6.07) is 1.55. The number of aliphatic hydroxyl groups is 2. The Hall–Kier alpha value is -0.400. The van der Waals surface area contributed by atoms with Gasteiger partial charge >= 0.3 is 6.07 Å². The number of H-pyrrole nitrogens is 1. The highest BCUT2D eigenvalue weighted by Gasteiger charge is 2.44. The van der Waals surface area contributed by atoms with E-state index < -0.39 is 30.5 Å². The van der Waals surface area contributed by atoms with E-state index in [1.807, 2.05) is 0 Å². The summed E-state index contributed by atoms with van der Waals surface area (Å²) in [5.41, 5.74) is 0.696. The number of hydrogen-bond acceptors (Lipinski definition) is 6. The van der Waals surface area contributed by atoms with Gasteiger partial charge in [-0.25, -0.2) is 0 Å². The number of aryl methyl sites for hydroxylation is 1. The molecule has 3 N–H and O–H groups in total. The lowest BCUT2D eigenvalue weighted by Crippen LogP contribution is -2.32. The molecule has 10 heteroatoms. The summed E-state index contributed by atoms with van der Waals surface area (Å²) in [5, 5.41) is 19.9. The second-order valence-corrected chi connectivity index (χ2v) is 9.01. The number of aliphatic hydroxyl groups excluding tert-OH is 2. The van der Waals surface area contributed by atoms with E-state index >= 15 is 0 Å². The SMILES string of the molecule is Cc1cc([C@@H]2O[C@H](COP(=O)(Cl)Cl)[C@H](O)C2O)c[nH]c1=O. The first kappa shape index (κ1) is 17.0. The Morgan fingerprint density at radius 2 is 2.10 bits per heavy atom. The van der Waals surface area contributed by atoms with Gasteiger partial charge in [0.05, 0.1) is 6.61 Å². The van der Waals surface area contributed by atoms with Gasteiger partial charge < -0.3 is 24.5 Å². The second kappa shape index (κ2) is 6.38. The Kier molecular flexibility index (Phi) is 5.15. The van der Waals surface area contributed by atoms with E-state index in [2.05, 4.69) is 4.98 Å². The van der Waals surface area contributed by atoms with Crippen LogP contribution < -0.4 is 5.56 Å². The van der Waals surface area contributed by atoms with Crippen molar-refractivity contribution in [2.75, 3.05) is 6.61 Å². The summed E-state index contributed by atoms with van der Waals surface area (Å²) < 4.78 is 21.2. The molecule has 118 valence electrons. The topological polar surface area (TPSA) is 109 Å². The van der Waals surface area contributed by atoms with Crippen molar-refractivity contribution >= 4 is 28.6 Å². The van der Waals surface area contributed by atoms with Gasteiger partial charge in [0.1, 0.15) is 24.4 Å². The summed E-state index contributed by atoms with van der Waals surface area (Å²) in [6.07, 6.45) is -6.63. The Balaban J connectivity index is 2.13. The predicted octanol–water partition coefficient (Wildman–Crippen LogP) is 1.45. The smallest absolute Gasteiger partial charge is 0.380 e. The average molecular weight is 358 g/mol. The van der Waals surface area contributed by atoms with Crippen molar-refractivity contribution < 1.29 is 24.0 Å². The summed E-state index contributed by atoms with van der Waals surface area (Å²) in [5.74, 6) is 0. The van der Waals surface area contributed by atoms with E-state index in [1.165, 1.54) is 6.20 Å². The van der Waals surface area contributed by atoms with Gasteiger partial charge in [-0.1, -0.05) is 0 Å². The van der Waals surface area contributed by atoms with Crippen molar-refractivity contribution in [1.29, 1.82) is 0 Å². The van der Waals surface area contributed by atoms with E-state index in [4.69, 9.17) is 31.7 Å². The first-order chi connectivity index (χ1) is 9.69. The molecule has 2 heterocycles. The van der Waals surface area contributed by atoms with Gasteiger partial charge in [-0.2, -0.15) is 0 Å². The Labute approximate surface area is 129 Å². The molecule has 1 saturated heterocycles. The maximum absolute atomic E-state index is 11.3. The third-order valence-corrected chi connectivity index (χ3v) is 4.23. The van der Waals surface area contributed by atoms with E-state index in [1.54, 1.807) is 13.0 Å². The summed E-state index contributed by atoms with van der Waals surface area (Å²) in [4.78, 5) is 13.8. The van der Waals surface area contributed by atoms with E-state index in [0.717, 1.165) is 0 Å². The van der Waals surface area contributed by atoms with Crippen LogP contribution in [0.3, 0.4) is 0 Å². The first-order valence-corrected chi connectivity index (χ1v) is 9.47. The molecule has 0 aromatic carbocycles. The largest absolute Gasteiger partial charge is 0.387 e. The second-order valence-electron chi connectivity index (χ2n) is 4.73. The molecule has 0 bridgehead atoms. The first-order valence-electron chi connectivity index (χ1n) is 6.04. The molecule has 2 rings (SSSR count). The van der Waals surface area contributed by atoms with Crippen LogP contribution in [-0.4, -0.2) is 40.1 Å². The average Bonchev–Trinajstić information content (AvgIpc) is 2.67. The van der Waals surface area contributed by atoms with Crippen LogP contribution >= 0.6 is 28.6 Å². The molecule has 1 aromatic rings. The lowest BCUT2D eigenvalue weighted by atomic mass is 10.0. The standard InChI is InChI=1S/C11H14Cl2NO6P/c1-5-2-6(3-14-11(5)17)10-9(16)8(15)7(20-10)4-19-21(12,13)18/h2-3,7-10,15-16H,4H2,1H3,(H,14,17)/t7-,8+,9?,10+/m1/s1. The summed E-state index contributed by atoms with van der Waals surface area (Å²) in [7, 11) is 0. The van der Waals surface area contributed by atoms with E-state index in [0.29, 0.717) is 11.1 Å². The van der Waals surface area contributed by atoms with E-state index in [9.17, 15) is 19.6 Å². The zero-order valence-corrected chi connectivity index (χ0v) is 13.3. The van der Waals surface area contributed by atoms with Gasteiger partial charge in [-0.15, -0.1) is 0 Å². The lowest BCUT2D eigenvalue weighted by molar-refractivity contribution is -0.0153. The molecule has 0 saturated carbocycles. The molecule has 0 aliphatic carbocycles. The minimum absolute atomic E-state index is 0.253. The highest BCUT2D eigenvalue weighted by atomic mass is 35.9. The number of aromatic amines is 1. The molecule has 1 aliphatic heterocycles. The Bertz CT molecular complexity index is 617. The van der Waals surface area contributed by atoms with E-state index in [-0.39, 0.29) is 12.2 Å². The fourth-order valence-electron chi connectivity index (χ4n) is 2.11. The van der Waals surface area contributed by atoms with Gasteiger partial charge in [0.2, 0.25) is 0 Å². The third kappa shape index (κ3) is 4.07. The van der Waals surface area contributed by atoms with Crippen LogP contribution in [0.4, 0.5) is 0 Å². The molecule has 1 aromatic heterocycles. The Morgan fingerprint density at radius 3 is 2.67 bits per heavy atom. The van der Waals surface area contributed by atoms with Crippen molar-refractivity contribution in [3.63, 3.8) is 0 Å². The van der Waals surface area contributed by atoms with Crippen LogP contribution in [0, 0.1) is 6.92 Å². The van der Waals surface area contributed by atoms with Crippen molar-refractivity contribution in [2.24, 2.45) is 0 Å². The van der Waals surface area contributed by atoms with Crippen LogP contribution in [-0.2, 0) is 13.8 Å². The highest BCUT2D eigenvalue weighted by molar-refractivity contribution is 8.05. The molecular weight excluding hydrogens is 344 g/mol. The van der Waals surface area contributed by atoms with Crippen LogP contribution in [0.1, 0.15) is 17.2 Å². The Morgan fingerprint density at radius 1 is 1.43 bits per heavy atom. The molecule has 1 unspecified atom stereocenters. The molecule has 21 heavy (non-hydrogen) atoms. The van der Waals surface area contributed by atoms with Crippen molar-refractivity contribution in [3.8, 4) is 0 Å². The zero-order valence-electron chi connectivity index (χ0n) is 10.9. The van der Waals surface area contributed by atoms with Gasteiger partial charge in [0, 0.05) is 17.3 Å².